The largest absolute Gasteiger partial charge is 0.454 e. The number of alkyl halides is 3. The third kappa shape index (κ3) is 3.40. The molecule has 2 nitrogen and oxygen atoms in total. The molecule has 0 bridgehead atoms. The van der Waals surface area contributed by atoms with Crippen molar-refractivity contribution in [1.29, 1.82) is 0 Å². The van der Waals surface area contributed by atoms with E-state index in [0.717, 1.165) is 12.3 Å². The molecule has 1 fully saturated rings. The Kier molecular flexibility index (Phi) is 3.38. The molecule has 0 radical (unpaired) electrons. The average Bonchev–Trinajstić information content (AvgIpc) is 2.50. The van der Waals surface area contributed by atoms with Gasteiger partial charge in [-0.15, -0.1) is 11.8 Å². The number of allylic oxidation sites excluding steroid dienone is 1. The molecule has 0 saturated carbocycles. The van der Waals surface area contributed by atoms with Crippen LogP contribution in [0.3, 0.4) is 0 Å². The highest BCUT2D eigenvalue weighted by Crippen LogP contribution is 2.18. The first kappa shape index (κ1) is 10.6. The molecule has 1 atom stereocenters. The molecule has 1 unspecified atom stereocenters. The molecule has 1 heterocycles. The summed E-state index contributed by atoms with van der Waals surface area (Å²) < 4.78 is 35.1. The number of rotatable bonds is 2. The van der Waals surface area contributed by atoms with Crippen molar-refractivity contribution in [3.63, 3.8) is 0 Å². The number of carbonyl (C=O) groups is 1. The van der Waals surface area contributed by atoms with E-state index < -0.39 is 12.0 Å². The number of nitrogens with one attached hydrogen (secondary N) is 1. The summed E-state index contributed by atoms with van der Waals surface area (Å²) in [6, 6.07) is 0. The van der Waals surface area contributed by atoms with E-state index in [9.17, 15) is 18.0 Å². The molecule has 1 N–H and O–H groups in total. The van der Waals surface area contributed by atoms with Crippen LogP contribution >= 0.6 is 11.8 Å². The number of hydrogen-bond acceptors (Lipinski definition) is 3. The topological polar surface area (TPSA) is 29.1 Å². The van der Waals surface area contributed by atoms with Crippen molar-refractivity contribution in [1.82, 2.24) is 5.32 Å². The van der Waals surface area contributed by atoms with Gasteiger partial charge in [0.15, 0.2) is 0 Å². The summed E-state index contributed by atoms with van der Waals surface area (Å²) in [7, 11) is 0. The van der Waals surface area contributed by atoms with Gasteiger partial charge < -0.3 is 5.32 Å². The molecular weight excluding hydrogens is 203 g/mol. The van der Waals surface area contributed by atoms with Gasteiger partial charge in [-0.2, -0.15) is 13.2 Å². The lowest BCUT2D eigenvalue weighted by atomic mass is 10.3. The predicted octanol–water partition coefficient (Wildman–Crippen LogP) is 1.34. The summed E-state index contributed by atoms with van der Waals surface area (Å²) >= 11 is 1.48. The molecule has 6 heteroatoms. The maximum absolute atomic E-state index is 11.7. The Hall–Kier alpha value is -0.490. The molecule has 0 spiro atoms. The van der Waals surface area contributed by atoms with Gasteiger partial charge in [0.1, 0.15) is 0 Å². The van der Waals surface area contributed by atoms with E-state index in [4.69, 9.17) is 0 Å². The predicted molar refractivity (Wildman–Crippen MR) is 44.5 cm³/mol. The smallest absolute Gasteiger partial charge is 0.301 e. The summed E-state index contributed by atoms with van der Waals surface area (Å²) in [4.78, 5) is 10.4. The Balaban J connectivity index is 2.43. The normalized spacial score (nSPS) is 24.1. The van der Waals surface area contributed by atoms with Crippen LogP contribution in [0.4, 0.5) is 13.2 Å². The highest BCUT2D eigenvalue weighted by atomic mass is 32.2. The van der Waals surface area contributed by atoms with Gasteiger partial charge in [0.2, 0.25) is 0 Å². The van der Waals surface area contributed by atoms with Crippen molar-refractivity contribution in [2.75, 3.05) is 12.3 Å². The van der Waals surface area contributed by atoms with Gasteiger partial charge in [-0.05, 0) is 6.08 Å². The molecule has 13 heavy (non-hydrogen) atoms. The van der Waals surface area contributed by atoms with Crippen LogP contribution in [0.1, 0.15) is 0 Å². The van der Waals surface area contributed by atoms with Gasteiger partial charge in [0, 0.05) is 12.3 Å². The Bertz CT molecular complexity index is 220. The monoisotopic (exact) mass is 211 g/mol. The molecule has 0 aromatic heterocycles. The SMILES string of the molecule is O=C(C=CC1NCCS1)C(F)(F)F. The van der Waals surface area contributed by atoms with Crippen LogP contribution in [-0.4, -0.2) is 29.6 Å². The third-order valence-corrected chi connectivity index (χ3v) is 2.57. The average molecular weight is 211 g/mol. The Labute approximate surface area is 77.6 Å². The molecule has 0 aliphatic carbocycles. The maximum atomic E-state index is 11.7. The zero-order valence-corrected chi connectivity index (χ0v) is 7.41. The van der Waals surface area contributed by atoms with Crippen LogP contribution < -0.4 is 5.32 Å². The van der Waals surface area contributed by atoms with Gasteiger partial charge in [0.25, 0.3) is 5.78 Å². The molecule has 0 amide bonds. The van der Waals surface area contributed by atoms with Crippen LogP contribution in [-0.2, 0) is 4.79 Å². The number of carbonyl (C=O) groups excluding carboxylic acids is 1. The van der Waals surface area contributed by atoms with Crippen LogP contribution in [0.5, 0.6) is 0 Å². The Morgan fingerprint density at radius 3 is 2.69 bits per heavy atom. The highest BCUT2D eigenvalue weighted by Gasteiger charge is 2.36. The molecule has 74 valence electrons. The Morgan fingerprint density at radius 1 is 1.54 bits per heavy atom. The summed E-state index contributed by atoms with van der Waals surface area (Å²) in [5.41, 5.74) is 0. The fourth-order valence-corrected chi connectivity index (χ4v) is 1.75. The van der Waals surface area contributed by atoms with Crippen molar-refractivity contribution in [3.8, 4) is 0 Å². The van der Waals surface area contributed by atoms with Crippen LogP contribution in [0.2, 0.25) is 0 Å². The minimum Gasteiger partial charge on any atom is -0.301 e. The summed E-state index contributed by atoms with van der Waals surface area (Å²) in [5.74, 6) is -0.948. The lowest BCUT2D eigenvalue weighted by molar-refractivity contribution is -0.165. The minimum absolute atomic E-state index is 0.161. The fourth-order valence-electron chi connectivity index (χ4n) is 0.839. The second-order valence-electron chi connectivity index (χ2n) is 2.47. The minimum atomic E-state index is -4.75. The van der Waals surface area contributed by atoms with E-state index in [1.807, 2.05) is 0 Å². The van der Waals surface area contributed by atoms with Gasteiger partial charge in [0.05, 0.1) is 5.37 Å². The van der Waals surface area contributed by atoms with Crippen LogP contribution in [0, 0.1) is 0 Å². The van der Waals surface area contributed by atoms with Crippen molar-refractivity contribution in [2.45, 2.75) is 11.6 Å². The molecule has 1 aliphatic heterocycles. The maximum Gasteiger partial charge on any atom is 0.454 e. The van der Waals surface area contributed by atoms with Gasteiger partial charge in [-0.25, -0.2) is 0 Å². The quantitative estimate of drug-likeness (QED) is 0.699. The number of thioether (sulfide) groups is 1. The van der Waals surface area contributed by atoms with Crippen LogP contribution in [0.25, 0.3) is 0 Å². The van der Waals surface area contributed by atoms with E-state index >= 15 is 0 Å². The second-order valence-corrected chi connectivity index (χ2v) is 3.72. The number of halogens is 3. The van der Waals surface area contributed by atoms with Crippen molar-refractivity contribution in [3.05, 3.63) is 12.2 Å². The standard InChI is InChI=1S/C7H8F3NOS/c8-7(9,10)5(12)1-2-6-11-3-4-13-6/h1-2,6,11H,3-4H2. The lowest BCUT2D eigenvalue weighted by Gasteiger charge is -2.02. The van der Waals surface area contributed by atoms with Crippen molar-refractivity contribution < 1.29 is 18.0 Å². The highest BCUT2D eigenvalue weighted by molar-refractivity contribution is 8.00. The van der Waals surface area contributed by atoms with Gasteiger partial charge in [-0.1, -0.05) is 6.08 Å². The lowest BCUT2D eigenvalue weighted by Crippen LogP contribution is -2.22. The second kappa shape index (κ2) is 4.15. The number of ketones is 1. The summed E-state index contributed by atoms with van der Waals surface area (Å²) in [5, 5.41) is 2.76. The molecule has 0 aromatic rings. The number of hydrogen-bond donors (Lipinski definition) is 1. The fraction of sp³-hybridized carbons (Fsp3) is 0.571. The van der Waals surface area contributed by atoms with Gasteiger partial charge >= 0.3 is 6.18 Å². The molecular formula is C7H8F3NOS. The summed E-state index contributed by atoms with van der Waals surface area (Å²) in [6.07, 6.45) is -2.93. The first-order chi connectivity index (χ1) is 6.00. The third-order valence-electron chi connectivity index (χ3n) is 1.45. The molecule has 1 aliphatic rings. The first-order valence-electron chi connectivity index (χ1n) is 3.64. The van der Waals surface area contributed by atoms with Crippen molar-refractivity contribution in [2.24, 2.45) is 0 Å². The molecule has 1 saturated heterocycles. The van der Waals surface area contributed by atoms with E-state index in [1.165, 1.54) is 17.8 Å². The zero-order valence-electron chi connectivity index (χ0n) is 6.60. The van der Waals surface area contributed by atoms with E-state index in [1.54, 1.807) is 0 Å². The summed E-state index contributed by atoms with van der Waals surface area (Å²) in [6.45, 7) is 0.764. The van der Waals surface area contributed by atoms with E-state index in [0.29, 0.717) is 6.08 Å². The first-order valence-corrected chi connectivity index (χ1v) is 4.69. The van der Waals surface area contributed by atoms with E-state index in [-0.39, 0.29) is 5.37 Å². The van der Waals surface area contributed by atoms with E-state index in [2.05, 4.69) is 5.32 Å². The Morgan fingerprint density at radius 2 is 2.23 bits per heavy atom. The molecule has 1 rings (SSSR count). The molecule has 0 aromatic carbocycles. The van der Waals surface area contributed by atoms with Gasteiger partial charge in [-0.3, -0.25) is 4.79 Å². The van der Waals surface area contributed by atoms with Crippen LogP contribution in [0.15, 0.2) is 12.2 Å². The zero-order chi connectivity index (χ0) is 9.90. The van der Waals surface area contributed by atoms with Crippen molar-refractivity contribution >= 4 is 17.5 Å².